The number of rotatable bonds is 32. The second kappa shape index (κ2) is 39.0. The number of esters is 1. The number of nitrogens with zero attached hydrogens (tertiary/aromatic N) is 7. The minimum absolute atomic E-state index is 0.0197. The van der Waals surface area contributed by atoms with E-state index in [0.717, 1.165) is 43.4 Å². The molecule has 0 aliphatic carbocycles. The number of aromatic nitrogens is 7. The number of benzene rings is 4. The average molecular weight is 1770 g/mol. The van der Waals surface area contributed by atoms with Gasteiger partial charge in [0.2, 0.25) is 5.91 Å². The Kier molecular flexibility index (Phi) is 29.4. The van der Waals surface area contributed by atoms with Gasteiger partial charge in [0.1, 0.15) is 87.6 Å². The van der Waals surface area contributed by atoms with E-state index in [1.165, 1.54) is 58.3 Å². The van der Waals surface area contributed by atoms with E-state index in [2.05, 4.69) is 108 Å². The summed E-state index contributed by atoms with van der Waals surface area (Å²) in [5.41, 5.74) is 1.58. The first-order chi connectivity index (χ1) is 57.1. The first kappa shape index (κ1) is 90.5. The Morgan fingerprint density at radius 2 is 0.975 bits per heavy atom. The minimum Gasteiger partial charge on any atom is -0.461 e. The van der Waals surface area contributed by atoms with Gasteiger partial charge in [0.05, 0.1) is 42.4 Å². The topological polar surface area (TPSA) is 339 Å². The number of allylic oxidation sites excluding steroid dienone is 2. The largest absolute Gasteiger partial charge is 0.461 e. The van der Waals surface area contributed by atoms with Crippen LogP contribution in [0.5, 0.6) is 0 Å². The van der Waals surface area contributed by atoms with Crippen LogP contribution < -0.4 is 52.6 Å². The van der Waals surface area contributed by atoms with Crippen molar-refractivity contribution in [3.63, 3.8) is 0 Å². The Labute approximate surface area is 724 Å². The molecule has 0 fully saturated rings. The number of hydrogen-bond acceptors (Lipinski definition) is 25. The zero-order valence-electron chi connectivity index (χ0n) is 69.8. The number of alkyl carbamates (subject to hydrolysis) is 1. The molecule has 0 saturated carbocycles. The van der Waals surface area contributed by atoms with Crippen molar-refractivity contribution in [3.05, 3.63) is 221 Å². The smallest absolute Gasteiger partial charge is 0.408 e. The predicted molar refractivity (Wildman–Crippen MR) is 481 cm³/mol. The lowest BCUT2D eigenvalue weighted by atomic mass is 10.1. The summed E-state index contributed by atoms with van der Waals surface area (Å²) in [6, 6.07) is 40.8. The molecule has 0 saturated heterocycles. The molecule has 6 atom stereocenters. The van der Waals surface area contributed by atoms with Crippen LogP contribution >= 0.6 is 68.0 Å². The summed E-state index contributed by atoms with van der Waals surface area (Å²) in [6.07, 6.45) is -0.159. The van der Waals surface area contributed by atoms with Crippen molar-refractivity contribution in [3.8, 4) is 43.4 Å². The zero-order chi connectivity index (χ0) is 86.6. The van der Waals surface area contributed by atoms with E-state index in [1.54, 1.807) is 87.5 Å². The van der Waals surface area contributed by atoms with E-state index >= 15 is 14.4 Å². The number of hydrogen-bond donors (Lipinski definition) is 7. The maximum absolute atomic E-state index is 15.5. The van der Waals surface area contributed by atoms with Crippen LogP contribution in [0.15, 0.2) is 184 Å². The Morgan fingerprint density at radius 3 is 1.52 bits per heavy atom. The Balaban J connectivity index is 1.01. The molecule has 33 heteroatoms. The second-order valence-corrected chi connectivity index (χ2v) is 45.5. The van der Waals surface area contributed by atoms with Gasteiger partial charge in [-0.25, -0.2) is 44.5 Å². The number of nitrogens with one attached hydrogen (secondary N) is 6. The first-order valence-electron chi connectivity index (χ1n) is 39.1. The van der Waals surface area contributed by atoms with Crippen LogP contribution in [0.2, 0.25) is 10.1 Å². The molecule has 0 aliphatic heterocycles. The molecule has 11 aromatic rings. The molecule has 4 aromatic carbocycles. The first-order valence-corrected chi connectivity index (χ1v) is 48.2. The fourth-order valence-electron chi connectivity index (χ4n) is 13.7. The van der Waals surface area contributed by atoms with Gasteiger partial charge in [0, 0.05) is 44.4 Å². The zero-order valence-corrected chi connectivity index (χ0v) is 76.7. The lowest BCUT2D eigenvalue weighted by molar-refractivity contribution is -0.123. The van der Waals surface area contributed by atoms with Gasteiger partial charge in [-0.2, -0.15) is 0 Å². The van der Waals surface area contributed by atoms with Crippen LogP contribution in [0.25, 0.3) is 49.1 Å². The summed E-state index contributed by atoms with van der Waals surface area (Å²) in [5, 5.41) is 42.6. The summed E-state index contributed by atoms with van der Waals surface area (Å²) in [5.74, 6) is -3.87. The standard InChI is InChI=1S/C87H99N13O12S6Si2/c1-18-59(72(102)88-43-51(6)101)90-73(103)63-46-114-80(94-63)66-48-115-79(96-66)61-42-41-58(77-93-64(45-113-77)74(104)98-69(76(106)91-60(19-2)78-97-67(49-116-78)83(107)109-20-3)52(7)111-119(86(12,13)14,54-33-25-21-26-34-54)55-35-27-22-28-36-55)71(89-61)62-44-117-82(92-62)70(99-75(105)65-47-118-81(95-65)68(50(4)5)100-84(108)110-85(9,10)11)53(8)112-120(87(15,16)17,56-37-29-23-30-38-56)57-39-31-24-32-40-57/h18-19,21-42,44-53,68-70,101H,20,43H2,1-17H3,(H,88,102)(H,90,103)(H,91,106)(H,98,104)(H,99,105)(H,100,108)/b59-18-,60-19-/t51-,52+,53+,68+,69-,70-/m0/s1. The number of carbonyl (C=O) groups is 7. The lowest BCUT2D eigenvalue weighted by Gasteiger charge is -2.45. The summed E-state index contributed by atoms with van der Waals surface area (Å²) in [4.78, 5) is 134. The van der Waals surface area contributed by atoms with Crippen molar-refractivity contribution in [1.29, 1.82) is 0 Å². The highest BCUT2D eigenvalue weighted by Crippen LogP contribution is 2.43. The number of aliphatic hydroxyl groups is 1. The van der Waals surface area contributed by atoms with E-state index in [4.69, 9.17) is 43.2 Å². The second-order valence-electron chi connectivity index (χ2n) is 31.8. The minimum atomic E-state index is -3.44. The molecule has 628 valence electrons. The highest BCUT2D eigenvalue weighted by atomic mass is 32.1. The molecule has 0 radical (unpaired) electrons. The number of pyridine rings is 1. The van der Waals surface area contributed by atoms with E-state index < -0.39 is 110 Å². The molecule has 7 aromatic heterocycles. The van der Waals surface area contributed by atoms with E-state index in [0.29, 0.717) is 58.4 Å². The molecule has 120 heavy (non-hydrogen) atoms. The molecule has 0 spiro atoms. The molecule has 25 nitrogen and oxygen atoms in total. The van der Waals surface area contributed by atoms with Gasteiger partial charge < -0.3 is 55.3 Å². The van der Waals surface area contributed by atoms with Crippen LogP contribution in [-0.2, 0) is 27.9 Å². The SMILES string of the molecule is C/C=C(\NC(=O)c1csc(-c2csc(-c3ccc(-c4nc(C(=O)N[C@H](C(=O)N/C(=C\C)c5nc(C(=O)OCC)cs5)[C@@H](C)O[Si](c5ccccc5)(c5ccccc5)C(C)(C)C)cs4)c(-c4csc([C@@H](NC(=O)c5csc([C@H](NC(=O)OC(C)(C)C)C(C)C)n5)[C@@H](C)O[Si](c5ccccc5)(c5ccccc5)C(C)(C)C)n4)n3)n2)n1)C(=O)NC[C@H](C)O. The van der Waals surface area contributed by atoms with E-state index in [1.807, 2.05) is 129 Å². The van der Waals surface area contributed by atoms with E-state index in [-0.39, 0.29) is 53.2 Å². The maximum Gasteiger partial charge on any atom is 0.408 e. The third kappa shape index (κ3) is 21.0. The van der Waals surface area contributed by atoms with Crippen LogP contribution in [-0.4, -0.2) is 141 Å². The Morgan fingerprint density at radius 1 is 0.483 bits per heavy atom. The van der Waals surface area contributed by atoms with Gasteiger partial charge in [-0.05, 0) is 111 Å². The number of ether oxygens (including phenoxy) is 2. The quantitative estimate of drug-likeness (QED) is 0.0117. The molecule has 7 N–H and O–H groups in total. The van der Waals surface area contributed by atoms with E-state index in [9.17, 15) is 24.3 Å². The predicted octanol–water partition coefficient (Wildman–Crippen LogP) is 14.7. The average Bonchev–Trinajstić information content (AvgIpc) is 0.820. The molecular formula is C87H99N13O12S6Si2. The van der Waals surface area contributed by atoms with Crippen molar-refractivity contribution in [2.75, 3.05) is 13.2 Å². The van der Waals surface area contributed by atoms with Gasteiger partial charge in [0.25, 0.3) is 40.3 Å². The third-order valence-corrected chi connectivity index (χ3v) is 35.0. The van der Waals surface area contributed by atoms with Gasteiger partial charge in [-0.1, -0.05) is 189 Å². The van der Waals surface area contributed by atoms with Crippen molar-refractivity contribution in [1.82, 2.24) is 66.8 Å². The summed E-state index contributed by atoms with van der Waals surface area (Å²) >= 11 is 7.25. The van der Waals surface area contributed by atoms with Crippen LogP contribution in [0.3, 0.4) is 0 Å². The summed E-state index contributed by atoms with van der Waals surface area (Å²) in [6.45, 7) is 32.5. The lowest BCUT2D eigenvalue weighted by Crippen LogP contribution is -2.69. The molecule has 0 aliphatic rings. The highest BCUT2D eigenvalue weighted by molar-refractivity contribution is 7.15. The number of amides is 6. The van der Waals surface area contributed by atoms with Crippen LogP contribution in [0, 0.1) is 5.92 Å². The van der Waals surface area contributed by atoms with Gasteiger partial charge in [-0.15, -0.1) is 68.0 Å². The molecule has 11 rings (SSSR count). The fourth-order valence-corrected chi connectivity index (χ4v) is 28.3. The van der Waals surface area contributed by atoms with Crippen molar-refractivity contribution < 1.29 is 57.0 Å². The maximum atomic E-state index is 15.5. The van der Waals surface area contributed by atoms with Crippen LogP contribution in [0.4, 0.5) is 4.79 Å². The summed E-state index contributed by atoms with van der Waals surface area (Å²) in [7, 11) is -6.83. The van der Waals surface area contributed by atoms with Crippen molar-refractivity contribution in [2.45, 2.75) is 170 Å². The Bertz CT molecular complexity index is 5420. The van der Waals surface area contributed by atoms with Crippen LogP contribution in [0.1, 0.15) is 187 Å². The highest BCUT2D eigenvalue weighted by Gasteiger charge is 2.54. The molecule has 6 amide bonds. The number of carbonyl (C=O) groups excluding carboxylic acids is 7. The molecular weight excluding hydrogens is 1670 g/mol. The summed E-state index contributed by atoms with van der Waals surface area (Å²) < 4.78 is 26.3. The van der Waals surface area contributed by atoms with Crippen molar-refractivity contribution >= 4 is 153 Å². The monoisotopic (exact) mass is 1770 g/mol. The van der Waals surface area contributed by atoms with Gasteiger partial charge in [-0.3, -0.25) is 24.0 Å². The Hall–Kier alpha value is -10.3. The molecule has 7 heterocycles. The van der Waals surface area contributed by atoms with Crippen molar-refractivity contribution in [2.24, 2.45) is 5.92 Å². The number of thiazole rings is 6. The van der Waals surface area contributed by atoms with Gasteiger partial charge in [0.15, 0.2) is 5.69 Å². The normalized spacial score (nSPS) is 13.9. The molecule has 0 bridgehead atoms. The molecule has 0 unspecified atom stereocenters. The number of aliphatic hydroxyl groups excluding tert-OH is 1. The fraction of sp³-hybridized carbons (Fsp3) is 0.333. The van der Waals surface area contributed by atoms with Gasteiger partial charge >= 0.3 is 12.1 Å². The third-order valence-electron chi connectivity index (χ3n) is 19.4.